The summed E-state index contributed by atoms with van der Waals surface area (Å²) in [4.78, 5) is 5.79. The van der Waals surface area contributed by atoms with Crippen molar-refractivity contribution in [3.63, 3.8) is 0 Å². The van der Waals surface area contributed by atoms with Crippen molar-refractivity contribution in [2.24, 2.45) is 0 Å². The SMILES string of the molecule is CN(C)c1cc(C(F)(F)F)cc(-c2cccc(NCC(O)CO)c2)n1. The number of anilines is 2. The smallest absolute Gasteiger partial charge is 0.394 e. The maximum atomic E-state index is 13.1. The first-order valence-electron chi connectivity index (χ1n) is 7.60. The second kappa shape index (κ2) is 7.71. The van der Waals surface area contributed by atoms with Crippen LogP contribution < -0.4 is 10.2 Å². The minimum absolute atomic E-state index is 0.124. The summed E-state index contributed by atoms with van der Waals surface area (Å²) in [5.41, 5.74) is 0.549. The van der Waals surface area contributed by atoms with Gasteiger partial charge in [-0.2, -0.15) is 13.2 Å². The summed E-state index contributed by atoms with van der Waals surface area (Å²) in [6.07, 6.45) is -5.39. The Morgan fingerprint density at radius 3 is 2.52 bits per heavy atom. The predicted octanol–water partition coefficient (Wildman–Crippen LogP) is 2.60. The number of hydrogen-bond acceptors (Lipinski definition) is 5. The molecule has 0 aliphatic carbocycles. The van der Waals surface area contributed by atoms with Crippen molar-refractivity contribution in [3.05, 3.63) is 42.0 Å². The van der Waals surface area contributed by atoms with Crippen LogP contribution in [-0.4, -0.2) is 48.5 Å². The van der Waals surface area contributed by atoms with E-state index in [1.807, 2.05) is 0 Å². The van der Waals surface area contributed by atoms with E-state index in [9.17, 15) is 18.3 Å². The van der Waals surface area contributed by atoms with Crippen LogP contribution in [0.5, 0.6) is 0 Å². The van der Waals surface area contributed by atoms with Gasteiger partial charge in [0.2, 0.25) is 0 Å². The van der Waals surface area contributed by atoms with E-state index < -0.39 is 17.8 Å². The summed E-state index contributed by atoms with van der Waals surface area (Å²) in [6, 6.07) is 8.72. The third-order valence-corrected chi connectivity index (χ3v) is 3.51. The van der Waals surface area contributed by atoms with Crippen LogP contribution in [0, 0.1) is 0 Å². The lowest BCUT2D eigenvalue weighted by Gasteiger charge is -2.17. The number of aromatic nitrogens is 1. The quantitative estimate of drug-likeness (QED) is 0.743. The standard InChI is InChI=1S/C17H20F3N3O2/c1-23(2)16-8-12(17(18,19)20)7-15(22-16)11-4-3-5-13(6-11)21-9-14(25)10-24/h3-8,14,21,24-25H,9-10H2,1-2H3. The molecule has 8 heteroatoms. The fraction of sp³-hybridized carbons (Fsp3) is 0.353. The molecule has 3 N–H and O–H groups in total. The number of rotatable bonds is 6. The second-order valence-electron chi connectivity index (χ2n) is 5.79. The maximum absolute atomic E-state index is 13.1. The second-order valence-corrected chi connectivity index (χ2v) is 5.79. The lowest BCUT2D eigenvalue weighted by atomic mass is 10.1. The lowest BCUT2D eigenvalue weighted by Crippen LogP contribution is -2.22. The van der Waals surface area contributed by atoms with E-state index in [2.05, 4.69) is 10.3 Å². The summed E-state index contributed by atoms with van der Waals surface area (Å²) in [5, 5.41) is 21.1. The third-order valence-electron chi connectivity index (χ3n) is 3.51. The van der Waals surface area contributed by atoms with Crippen molar-refractivity contribution in [2.45, 2.75) is 12.3 Å². The Kier molecular flexibility index (Phi) is 5.86. The Labute approximate surface area is 143 Å². The van der Waals surface area contributed by atoms with E-state index in [1.165, 1.54) is 4.90 Å². The largest absolute Gasteiger partial charge is 0.416 e. The number of nitrogens with zero attached hydrogens (tertiary/aromatic N) is 2. The molecular weight excluding hydrogens is 335 g/mol. The molecule has 25 heavy (non-hydrogen) atoms. The van der Waals surface area contributed by atoms with Crippen LogP contribution in [0.2, 0.25) is 0 Å². The molecule has 0 radical (unpaired) electrons. The van der Waals surface area contributed by atoms with Gasteiger partial charge in [-0.05, 0) is 24.3 Å². The summed E-state index contributed by atoms with van der Waals surface area (Å²) in [7, 11) is 3.25. The maximum Gasteiger partial charge on any atom is 0.416 e. The van der Waals surface area contributed by atoms with Gasteiger partial charge >= 0.3 is 6.18 Å². The highest BCUT2D eigenvalue weighted by Gasteiger charge is 2.32. The van der Waals surface area contributed by atoms with Crippen LogP contribution in [0.3, 0.4) is 0 Å². The monoisotopic (exact) mass is 355 g/mol. The Bertz CT molecular complexity index is 721. The number of hydrogen-bond donors (Lipinski definition) is 3. The molecule has 136 valence electrons. The van der Waals surface area contributed by atoms with Crippen molar-refractivity contribution in [3.8, 4) is 11.3 Å². The zero-order valence-electron chi connectivity index (χ0n) is 13.9. The number of aliphatic hydroxyl groups excluding tert-OH is 2. The van der Waals surface area contributed by atoms with Gasteiger partial charge in [0.05, 0.1) is 24.0 Å². The van der Waals surface area contributed by atoms with Crippen molar-refractivity contribution in [1.82, 2.24) is 4.98 Å². The zero-order chi connectivity index (χ0) is 18.6. The fourth-order valence-electron chi connectivity index (χ4n) is 2.15. The summed E-state index contributed by atoms with van der Waals surface area (Å²) in [5.74, 6) is 0.207. The van der Waals surface area contributed by atoms with Gasteiger partial charge in [-0.1, -0.05) is 12.1 Å². The number of nitrogens with one attached hydrogen (secondary N) is 1. The normalized spacial score (nSPS) is 12.8. The highest BCUT2D eigenvalue weighted by Crippen LogP contribution is 2.34. The number of aliphatic hydroxyl groups is 2. The minimum atomic E-state index is -4.47. The Hall–Kier alpha value is -2.32. The van der Waals surface area contributed by atoms with Crippen LogP contribution in [0.15, 0.2) is 36.4 Å². The molecule has 1 aromatic carbocycles. The van der Waals surface area contributed by atoms with E-state index in [0.717, 1.165) is 12.1 Å². The third kappa shape index (κ3) is 5.07. The molecule has 1 heterocycles. The summed E-state index contributed by atoms with van der Waals surface area (Å²) in [6.45, 7) is -0.257. The van der Waals surface area contributed by atoms with Gasteiger partial charge in [0.15, 0.2) is 0 Å². The zero-order valence-corrected chi connectivity index (χ0v) is 13.9. The number of alkyl halides is 3. The average molecular weight is 355 g/mol. The van der Waals surface area contributed by atoms with E-state index in [-0.39, 0.29) is 24.7 Å². The Balaban J connectivity index is 2.38. The molecule has 0 amide bonds. The van der Waals surface area contributed by atoms with Crippen molar-refractivity contribution in [2.75, 3.05) is 37.5 Å². The number of pyridine rings is 1. The lowest BCUT2D eigenvalue weighted by molar-refractivity contribution is -0.137. The minimum Gasteiger partial charge on any atom is -0.394 e. The fourth-order valence-corrected chi connectivity index (χ4v) is 2.15. The van der Waals surface area contributed by atoms with Crippen LogP contribution in [0.4, 0.5) is 24.7 Å². The van der Waals surface area contributed by atoms with Crippen molar-refractivity contribution >= 4 is 11.5 Å². The van der Waals surface area contributed by atoms with Crippen LogP contribution in [0.1, 0.15) is 5.56 Å². The first-order chi connectivity index (χ1) is 11.7. The summed E-state index contributed by atoms with van der Waals surface area (Å²) < 4.78 is 39.4. The highest BCUT2D eigenvalue weighted by molar-refractivity contribution is 5.67. The van der Waals surface area contributed by atoms with Gasteiger partial charge in [-0.3, -0.25) is 0 Å². The molecule has 0 saturated heterocycles. The molecule has 5 nitrogen and oxygen atoms in total. The number of benzene rings is 1. The molecule has 0 aliphatic heterocycles. The molecule has 1 unspecified atom stereocenters. The van der Waals surface area contributed by atoms with Crippen molar-refractivity contribution in [1.29, 1.82) is 0 Å². The van der Waals surface area contributed by atoms with Gasteiger partial charge in [0.1, 0.15) is 5.82 Å². The molecule has 0 spiro atoms. The van der Waals surface area contributed by atoms with Crippen LogP contribution in [-0.2, 0) is 6.18 Å². The topological polar surface area (TPSA) is 68.6 Å². The first kappa shape index (κ1) is 19.0. The van der Waals surface area contributed by atoms with Gasteiger partial charge < -0.3 is 20.4 Å². The molecule has 1 aromatic heterocycles. The molecule has 0 aliphatic rings. The van der Waals surface area contributed by atoms with Gasteiger partial charge in [-0.25, -0.2) is 4.98 Å². The van der Waals surface area contributed by atoms with E-state index in [0.29, 0.717) is 11.3 Å². The number of halogens is 3. The molecule has 0 fully saturated rings. The van der Waals surface area contributed by atoms with E-state index >= 15 is 0 Å². The molecule has 1 atom stereocenters. The van der Waals surface area contributed by atoms with Gasteiger partial charge in [-0.15, -0.1) is 0 Å². The first-order valence-corrected chi connectivity index (χ1v) is 7.60. The predicted molar refractivity (Wildman–Crippen MR) is 90.6 cm³/mol. The molecule has 2 rings (SSSR count). The van der Waals surface area contributed by atoms with Gasteiger partial charge in [0, 0.05) is 31.9 Å². The summed E-state index contributed by atoms with van der Waals surface area (Å²) >= 11 is 0. The Morgan fingerprint density at radius 2 is 1.92 bits per heavy atom. The van der Waals surface area contributed by atoms with Crippen LogP contribution in [0.25, 0.3) is 11.3 Å². The van der Waals surface area contributed by atoms with Crippen molar-refractivity contribution < 1.29 is 23.4 Å². The molecule has 2 aromatic rings. The Morgan fingerprint density at radius 1 is 1.20 bits per heavy atom. The molecular formula is C17H20F3N3O2. The van der Waals surface area contributed by atoms with Crippen LogP contribution >= 0.6 is 0 Å². The van der Waals surface area contributed by atoms with E-state index in [4.69, 9.17) is 5.11 Å². The van der Waals surface area contributed by atoms with E-state index in [1.54, 1.807) is 38.4 Å². The molecule has 0 bridgehead atoms. The highest BCUT2D eigenvalue weighted by atomic mass is 19.4. The van der Waals surface area contributed by atoms with Gasteiger partial charge in [0.25, 0.3) is 0 Å². The average Bonchev–Trinajstić information content (AvgIpc) is 2.58. The molecule has 0 saturated carbocycles.